The van der Waals surface area contributed by atoms with Crippen molar-refractivity contribution in [2.24, 2.45) is 0 Å². The fourth-order valence-corrected chi connectivity index (χ4v) is 2.14. The molecule has 0 N–H and O–H groups in total. The highest BCUT2D eigenvalue weighted by Gasteiger charge is 2.23. The minimum atomic E-state index is -0.0294. The van der Waals surface area contributed by atoms with Crippen LogP contribution in [0.25, 0.3) is 0 Å². The number of amides is 2. The highest BCUT2D eigenvalue weighted by atomic mass is 79.9. The van der Waals surface area contributed by atoms with Gasteiger partial charge in [0.1, 0.15) is 4.60 Å². The molecule has 18 heavy (non-hydrogen) atoms. The summed E-state index contributed by atoms with van der Waals surface area (Å²) in [5, 5.41) is 0. The lowest BCUT2D eigenvalue weighted by Crippen LogP contribution is -2.50. The largest absolute Gasteiger partial charge is 0.339 e. The summed E-state index contributed by atoms with van der Waals surface area (Å²) in [6.45, 7) is 3.91. The quantitative estimate of drug-likeness (QED) is 0.731. The number of halogens is 1. The van der Waals surface area contributed by atoms with E-state index in [-0.39, 0.29) is 11.8 Å². The SMILES string of the molecule is CC(=O)N1CCN(C(=O)c2ccc(Br)nc2)CC1. The Morgan fingerprint density at radius 2 is 1.78 bits per heavy atom. The molecule has 0 spiro atoms. The summed E-state index contributed by atoms with van der Waals surface area (Å²) < 4.78 is 0.709. The second kappa shape index (κ2) is 5.48. The lowest BCUT2D eigenvalue weighted by atomic mass is 10.2. The molecule has 2 heterocycles. The minimum Gasteiger partial charge on any atom is -0.339 e. The van der Waals surface area contributed by atoms with Crippen molar-refractivity contribution < 1.29 is 9.59 Å². The second-order valence-corrected chi connectivity index (χ2v) is 4.98. The Hall–Kier alpha value is -1.43. The lowest BCUT2D eigenvalue weighted by molar-refractivity contribution is -0.130. The van der Waals surface area contributed by atoms with Crippen LogP contribution in [-0.4, -0.2) is 52.8 Å². The van der Waals surface area contributed by atoms with E-state index in [0.717, 1.165) is 0 Å². The van der Waals surface area contributed by atoms with Gasteiger partial charge in [-0.3, -0.25) is 9.59 Å². The molecule has 1 aliphatic heterocycles. The third-order valence-corrected chi connectivity index (χ3v) is 3.46. The van der Waals surface area contributed by atoms with E-state index in [9.17, 15) is 9.59 Å². The summed E-state index contributed by atoms with van der Waals surface area (Å²) in [5.74, 6) is 0.0330. The molecule has 5 nitrogen and oxygen atoms in total. The third-order valence-electron chi connectivity index (χ3n) is 2.99. The summed E-state index contributed by atoms with van der Waals surface area (Å²) in [6, 6.07) is 3.50. The molecule has 6 heteroatoms. The number of piperazine rings is 1. The number of aromatic nitrogens is 1. The zero-order valence-corrected chi connectivity index (χ0v) is 11.7. The van der Waals surface area contributed by atoms with Crippen molar-refractivity contribution >= 4 is 27.7 Å². The van der Waals surface area contributed by atoms with Crippen LogP contribution in [0.3, 0.4) is 0 Å². The molecule has 0 bridgehead atoms. The van der Waals surface area contributed by atoms with Crippen LogP contribution < -0.4 is 0 Å². The van der Waals surface area contributed by atoms with Gasteiger partial charge in [-0.1, -0.05) is 0 Å². The van der Waals surface area contributed by atoms with Crippen LogP contribution in [0.15, 0.2) is 22.9 Å². The predicted molar refractivity (Wildman–Crippen MR) is 70.1 cm³/mol. The average Bonchev–Trinajstić information content (AvgIpc) is 2.39. The first-order valence-corrected chi connectivity index (χ1v) is 6.53. The number of rotatable bonds is 1. The van der Waals surface area contributed by atoms with Gasteiger partial charge in [0.2, 0.25) is 5.91 Å². The fourth-order valence-electron chi connectivity index (χ4n) is 1.91. The van der Waals surface area contributed by atoms with Crippen molar-refractivity contribution in [1.29, 1.82) is 0 Å². The van der Waals surface area contributed by atoms with Crippen molar-refractivity contribution in [2.45, 2.75) is 6.92 Å². The number of carbonyl (C=O) groups excluding carboxylic acids is 2. The first kappa shape index (κ1) is 13.0. The molecule has 1 aliphatic rings. The summed E-state index contributed by atoms with van der Waals surface area (Å²) in [4.78, 5) is 30.9. The number of hydrogen-bond donors (Lipinski definition) is 0. The summed E-state index contributed by atoms with van der Waals surface area (Å²) in [7, 11) is 0. The summed E-state index contributed by atoms with van der Waals surface area (Å²) in [5.41, 5.74) is 0.578. The van der Waals surface area contributed by atoms with Crippen molar-refractivity contribution in [3.8, 4) is 0 Å². The smallest absolute Gasteiger partial charge is 0.255 e. The molecule has 0 radical (unpaired) electrons. The van der Waals surface area contributed by atoms with Gasteiger partial charge in [-0.05, 0) is 28.1 Å². The zero-order chi connectivity index (χ0) is 13.1. The molecule has 1 fully saturated rings. The average molecular weight is 312 g/mol. The Morgan fingerprint density at radius 1 is 1.17 bits per heavy atom. The third kappa shape index (κ3) is 2.87. The summed E-state index contributed by atoms with van der Waals surface area (Å²) >= 11 is 3.23. The Bertz CT molecular complexity index is 453. The number of hydrogen-bond acceptors (Lipinski definition) is 3. The molecular weight excluding hydrogens is 298 g/mol. The molecule has 1 aromatic heterocycles. The van der Waals surface area contributed by atoms with E-state index in [1.54, 1.807) is 35.1 Å². The molecular formula is C12H14BrN3O2. The van der Waals surface area contributed by atoms with Crippen LogP contribution in [0.4, 0.5) is 0 Å². The van der Waals surface area contributed by atoms with Crippen molar-refractivity contribution in [3.63, 3.8) is 0 Å². The van der Waals surface area contributed by atoms with Crippen LogP contribution in [0.5, 0.6) is 0 Å². The van der Waals surface area contributed by atoms with Gasteiger partial charge in [0.15, 0.2) is 0 Å². The van der Waals surface area contributed by atoms with Crippen LogP contribution >= 0.6 is 15.9 Å². The second-order valence-electron chi connectivity index (χ2n) is 4.17. The highest BCUT2D eigenvalue weighted by Crippen LogP contribution is 2.11. The molecule has 0 unspecified atom stereocenters. The van der Waals surface area contributed by atoms with Gasteiger partial charge in [0.25, 0.3) is 5.91 Å². The molecule has 0 aliphatic carbocycles. The fraction of sp³-hybridized carbons (Fsp3) is 0.417. The first-order chi connectivity index (χ1) is 8.58. The number of carbonyl (C=O) groups is 2. The monoisotopic (exact) mass is 311 g/mol. The lowest BCUT2D eigenvalue weighted by Gasteiger charge is -2.34. The first-order valence-electron chi connectivity index (χ1n) is 5.74. The van der Waals surface area contributed by atoms with Gasteiger partial charge >= 0.3 is 0 Å². The van der Waals surface area contributed by atoms with Gasteiger partial charge < -0.3 is 9.80 Å². The topological polar surface area (TPSA) is 53.5 Å². The summed E-state index contributed by atoms with van der Waals surface area (Å²) in [6.07, 6.45) is 1.56. The minimum absolute atomic E-state index is 0.0294. The maximum Gasteiger partial charge on any atom is 0.255 e. The molecule has 0 saturated carbocycles. The van der Waals surface area contributed by atoms with Gasteiger partial charge in [-0.2, -0.15) is 0 Å². The van der Waals surface area contributed by atoms with Crippen LogP contribution in [0.2, 0.25) is 0 Å². The van der Waals surface area contributed by atoms with Crippen molar-refractivity contribution in [1.82, 2.24) is 14.8 Å². The molecule has 1 aromatic rings. The molecule has 0 aromatic carbocycles. The van der Waals surface area contributed by atoms with Crippen molar-refractivity contribution in [2.75, 3.05) is 26.2 Å². The number of pyridine rings is 1. The Kier molecular flexibility index (Phi) is 3.96. The zero-order valence-electron chi connectivity index (χ0n) is 10.1. The maximum atomic E-state index is 12.2. The van der Waals surface area contributed by atoms with Crippen LogP contribution in [0, 0.1) is 0 Å². The molecule has 96 valence electrons. The van der Waals surface area contributed by atoms with Gasteiger partial charge in [-0.15, -0.1) is 0 Å². The maximum absolute atomic E-state index is 12.2. The van der Waals surface area contributed by atoms with E-state index < -0.39 is 0 Å². The Balaban J connectivity index is 1.99. The van der Waals surface area contributed by atoms with Crippen LogP contribution in [-0.2, 0) is 4.79 Å². The van der Waals surface area contributed by atoms with Gasteiger partial charge in [-0.25, -0.2) is 4.98 Å². The Labute approximate surface area is 114 Å². The normalized spacial score (nSPS) is 15.7. The van der Waals surface area contributed by atoms with Gasteiger partial charge in [0.05, 0.1) is 5.56 Å². The van der Waals surface area contributed by atoms with Gasteiger partial charge in [0, 0.05) is 39.3 Å². The van der Waals surface area contributed by atoms with E-state index in [2.05, 4.69) is 20.9 Å². The van der Waals surface area contributed by atoms with E-state index in [1.165, 1.54) is 0 Å². The highest BCUT2D eigenvalue weighted by molar-refractivity contribution is 9.10. The van der Waals surface area contributed by atoms with E-state index in [1.807, 2.05) is 0 Å². The standard InChI is InChI=1S/C12H14BrN3O2/c1-9(17)15-4-6-16(7-5-15)12(18)10-2-3-11(13)14-8-10/h2-3,8H,4-7H2,1H3. The molecule has 0 atom stereocenters. The molecule has 2 rings (SSSR count). The Morgan fingerprint density at radius 3 is 2.28 bits per heavy atom. The van der Waals surface area contributed by atoms with E-state index >= 15 is 0 Å². The van der Waals surface area contributed by atoms with Crippen molar-refractivity contribution in [3.05, 3.63) is 28.5 Å². The molecule has 2 amide bonds. The van der Waals surface area contributed by atoms with E-state index in [4.69, 9.17) is 0 Å². The predicted octanol–water partition coefficient (Wildman–Crippen LogP) is 1.15. The molecule has 1 saturated heterocycles. The van der Waals surface area contributed by atoms with Crippen LogP contribution in [0.1, 0.15) is 17.3 Å². The van der Waals surface area contributed by atoms with E-state index in [0.29, 0.717) is 36.3 Å². The number of nitrogens with zero attached hydrogens (tertiary/aromatic N) is 3.